The number of nitrogens with zero attached hydrogens (tertiary/aromatic N) is 3. The van der Waals surface area contributed by atoms with Gasteiger partial charge in [-0.15, -0.1) is 0 Å². The van der Waals surface area contributed by atoms with Gasteiger partial charge < -0.3 is 14.6 Å². The molecule has 0 spiro atoms. The van der Waals surface area contributed by atoms with Crippen molar-refractivity contribution in [2.75, 3.05) is 25.5 Å². The van der Waals surface area contributed by atoms with E-state index in [0.717, 1.165) is 19.4 Å². The molecule has 3 aromatic rings. The number of hydrogen-bond donors (Lipinski definition) is 1. The number of anilines is 1. The van der Waals surface area contributed by atoms with E-state index < -0.39 is 5.97 Å². The van der Waals surface area contributed by atoms with Crippen LogP contribution in [0.5, 0.6) is 0 Å². The summed E-state index contributed by atoms with van der Waals surface area (Å²) in [5.74, 6) is 0.193. The number of benzene rings is 2. The highest BCUT2D eigenvalue weighted by Crippen LogP contribution is 2.29. The second-order valence-corrected chi connectivity index (χ2v) is 8.61. The summed E-state index contributed by atoms with van der Waals surface area (Å²) in [6.45, 7) is 1.85. The lowest BCUT2D eigenvalue weighted by Gasteiger charge is -2.30. The molecule has 0 aliphatic carbocycles. The fourth-order valence-corrected chi connectivity index (χ4v) is 4.25. The van der Waals surface area contributed by atoms with Gasteiger partial charge in [0.2, 0.25) is 17.6 Å². The van der Waals surface area contributed by atoms with Crippen molar-refractivity contribution in [2.24, 2.45) is 5.92 Å². The van der Waals surface area contributed by atoms with E-state index in [1.54, 1.807) is 42.5 Å². The first-order valence-corrected chi connectivity index (χ1v) is 11.2. The van der Waals surface area contributed by atoms with Crippen molar-refractivity contribution in [3.8, 4) is 11.4 Å². The van der Waals surface area contributed by atoms with Crippen LogP contribution in [0.25, 0.3) is 11.4 Å². The standard InChI is InChI=1S/C23H22Cl2N4O4/c1-32-23(31)14-4-7-17(8-5-14)26-22(30)15-3-2-10-29(12-15)13-20-27-21(28-33-20)18-9-6-16(24)11-19(18)25/h4-9,11,15H,2-3,10,12-13H2,1H3,(H,26,30). The zero-order chi connectivity index (χ0) is 23.4. The van der Waals surface area contributed by atoms with Crippen molar-refractivity contribution in [1.29, 1.82) is 0 Å². The molecule has 0 bridgehead atoms. The first kappa shape index (κ1) is 23.2. The number of nitrogens with one attached hydrogen (secondary N) is 1. The third kappa shape index (κ3) is 5.71. The Morgan fingerprint density at radius 1 is 1.21 bits per heavy atom. The van der Waals surface area contributed by atoms with Gasteiger partial charge in [0.15, 0.2) is 0 Å². The van der Waals surface area contributed by atoms with Gasteiger partial charge in [-0.1, -0.05) is 28.4 Å². The Balaban J connectivity index is 1.35. The van der Waals surface area contributed by atoms with Crippen molar-refractivity contribution in [3.05, 3.63) is 64.0 Å². The number of carbonyl (C=O) groups excluding carboxylic acids is 2. The van der Waals surface area contributed by atoms with E-state index in [2.05, 4.69) is 25.1 Å². The van der Waals surface area contributed by atoms with Crippen molar-refractivity contribution >= 4 is 40.8 Å². The number of halogens is 2. The molecule has 1 fully saturated rings. The fraction of sp³-hybridized carbons (Fsp3) is 0.304. The smallest absolute Gasteiger partial charge is 0.337 e. The van der Waals surface area contributed by atoms with Crippen LogP contribution >= 0.6 is 23.2 Å². The average Bonchev–Trinajstić information content (AvgIpc) is 3.27. The van der Waals surface area contributed by atoms with Crippen molar-refractivity contribution in [1.82, 2.24) is 15.0 Å². The number of amides is 1. The van der Waals surface area contributed by atoms with Crippen LogP contribution in [0.3, 0.4) is 0 Å². The molecule has 1 N–H and O–H groups in total. The molecule has 172 valence electrons. The maximum absolute atomic E-state index is 12.8. The van der Waals surface area contributed by atoms with Gasteiger partial charge in [0, 0.05) is 22.8 Å². The lowest BCUT2D eigenvalue weighted by Crippen LogP contribution is -2.40. The highest BCUT2D eigenvalue weighted by Gasteiger charge is 2.27. The van der Waals surface area contributed by atoms with Gasteiger partial charge in [-0.2, -0.15) is 4.98 Å². The van der Waals surface area contributed by atoms with Gasteiger partial charge >= 0.3 is 5.97 Å². The minimum Gasteiger partial charge on any atom is -0.465 e. The largest absolute Gasteiger partial charge is 0.465 e. The van der Waals surface area contributed by atoms with E-state index >= 15 is 0 Å². The molecule has 1 unspecified atom stereocenters. The molecular formula is C23H22Cl2N4O4. The first-order valence-electron chi connectivity index (χ1n) is 10.4. The number of rotatable bonds is 6. The Kier molecular flexibility index (Phi) is 7.27. The van der Waals surface area contributed by atoms with E-state index in [0.29, 0.717) is 51.7 Å². The number of carbonyl (C=O) groups is 2. The summed E-state index contributed by atoms with van der Waals surface area (Å²) in [5, 5.41) is 7.93. The Morgan fingerprint density at radius 2 is 2.00 bits per heavy atom. The highest BCUT2D eigenvalue weighted by atomic mass is 35.5. The van der Waals surface area contributed by atoms with Gasteiger partial charge in [-0.25, -0.2) is 4.79 Å². The predicted octanol–water partition coefficient (Wildman–Crippen LogP) is 4.68. The third-order valence-electron chi connectivity index (χ3n) is 5.45. The van der Waals surface area contributed by atoms with Gasteiger partial charge in [0.25, 0.3) is 0 Å². The van der Waals surface area contributed by atoms with Gasteiger partial charge in [-0.3, -0.25) is 9.69 Å². The number of methoxy groups -OCH3 is 1. The Morgan fingerprint density at radius 3 is 2.73 bits per heavy atom. The monoisotopic (exact) mass is 488 g/mol. The molecule has 0 saturated carbocycles. The van der Waals surface area contributed by atoms with Crippen LogP contribution in [0.1, 0.15) is 29.1 Å². The van der Waals surface area contributed by atoms with Gasteiger partial charge in [0.05, 0.1) is 30.2 Å². The molecule has 1 amide bonds. The number of ether oxygens (including phenoxy) is 1. The van der Waals surface area contributed by atoms with E-state index in [9.17, 15) is 9.59 Å². The second-order valence-electron chi connectivity index (χ2n) is 7.77. The number of piperidine rings is 1. The van der Waals surface area contributed by atoms with Crippen LogP contribution in [-0.2, 0) is 16.1 Å². The minimum atomic E-state index is -0.418. The second kappa shape index (κ2) is 10.3. The maximum atomic E-state index is 12.8. The van der Waals surface area contributed by atoms with Crippen LogP contribution in [0.4, 0.5) is 5.69 Å². The van der Waals surface area contributed by atoms with Crippen molar-refractivity contribution in [3.63, 3.8) is 0 Å². The fourth-order valence-electron chi connectivity index (χ4n) is 3.76. The normalized spacial score (nSPS) is 16.4. The quantitative estimate of drug-likeness (QED) is 0.502. The predicted molar refractivity (Wildman–Crippen MR) is 124 cm³/mol. The number of esters is 1. The highest BCUT2D eigenvalue weighted by molar-refractivity contribution is 6.36. The zero-order valence-corrected chi connectivity index (χ0v) is 19.4. The Labute approximate surface area is 200 Å². The molecular weight excluding hydrogens is 467 g/mol. The molecule has 1 saturated heterocycles. The number of likely N-dealkylation sites (tertiary alicyclic amines) is 1. The molecule has 1 atom stereocenters. The van der Waals surface area contributed by atoms with Crippen molar-refractivity contribution < 1.29 is 18.8 Å². The Hall–Kier alpha value is -2.94. The summed E-state index contributed by atoms with van der Waals surface area (Å²) in [6, 6.07) is 11.7. The molecule has 0 radical (unpaired) electrons. The molecule has 1 aliphatic rings. The SMILES string of the molecule is COC(=O)c1ccc(NC(=O)C2CCCN(Cc3nc(-c4ccc(Cl)cc4Cl)no3)C2)cc1. The van der Waals surface area contributed by atoms with Crippen LogP contribution in [0.15, 0.2) is 47.0 Å². The number of hydrogen-bond acceptors (Lipinski definition) is 7. The molecule has 2 aromatic carbocycles. The third-order valence-corrected chi connectivity index (χ3v) is 6.00. The minimum absolute atomic E-state index is 0.0651. The molecule has 10 heteroatoms. The molecule has 8 nitrogen and oxygen atoms in total. The zero-order valence-electron chi connectivity index (χ0n) is 17.9. The molecule has 1 aliphatic heterocycles. The summed E-state index contributed by atoms with van der Waals surface area (Å²) in [5.41, 5.74) is 1.70. The summed E-state index contributed by atoms with van der Waals surface area (Å²) in [6.07, 6.45) is 1.67. The van der Waals surface area contributed by atoms with E-state index in [1.165, 1.54) is 7.11 Å². The van der Waals surface area contributed by atoms with Crippen LogP contribution in [0.2, 0.25) is 10.0 Å². The van der Waals surface area contributed by atoms with Gasteiger partial charge in [0.1, 0.15) is 0 Å². The van der Waals surface area contributed by atoms with E-state index in [-0.39, 0.29) is 11.8 Å². The Bertz CT molecular complexity index is 1150. The first-order chi connectivity index (χ1) is 15.9. The summed E-state index contributed by atoms with van der Waals surface area (Å²) in [7, 11) is 1.33. The van der Waals surface area contributed by atoms with Crippen LogP contribution in [-0.4, -0.2) is 47.1 Å². The maximum Gasteiger partial charge on any atom is 0.337 e. The van der Waals surface area contributed by atoms with Crippen LogP contribution < -0.4 is 5.32 Å². The lowest BCUT2D eigenvalue weighted by atomic mass is 9.97. The van der Waals surface area contributed by atoms with Crippen molar-refractivity contribution in [2.45, 2.75) is 19.4 Å². The molecule has 4 rings (SSSR count). The molecule has 33 heavy (non-hydrogen) atoms. The van der Waals surface area contributed by atoms with Gasteiger partial charge in [-0.05, 0) is 61.9 Å². The number of aromatic nitrogens is 2. The lowest BCUT2D eigenvalue weighted by molar-refractivity contribution is -0.121. The van der Waals surface area contributed by atoms with E-state index in [1.807, 2.05) is 0 Å². The summed E-state index contributed by atoms with van der Waals surface area (Å²) >= 11 is 12.2. The summed E-state index contributed by atoms with van der Waals surface area (Å²) < 4.78 is 10.1. The van der Waals surface area contributed by atoms with Crippen LogP contribution in [0, 0.1) is 5.92 Å². The molecule has 1 aromatic heterocycles. The molecule has 2 heterocycles. The average molecular weight is 489 g/mol. The van der Waals surface area contributed by atoms with E-state index in [4.69, 9.17) is 27.7 Å². The topological polar surface area (TPSA) is 97.6 Å². The summed E-state index contributed by atoms with van der Waals surface area (Å²) in [4.78, 5) is 30.9.